The van der Waals surface area contributed by atoms with E-state index in [1.165, 1.54) is 0 Å². The van der Waals surface area contributed by atoms with Crippen molar-refractivity contribution in [3.05, 3.63) is 71.4 Å². The lowest BCUT2D eigenvalue weighted by atomic mass is 9.97. The minimum atomic E-state index is -0.315. The molecule has 0 bridgehead atoms. The number of rotatable bonds is 4. The number of aromatic amines is 1. The van der Waals surface area contributed by atoms with E-state index in [0.717, 1.165) is 28.4 Å². The second-order valence-corrected chi connectivity index (χ2v) is 7.73. The Labute approximate surface area is 173 Å². The minimum Gasteiger partial charge on any atom is -0.361 e. The molecule has 0 spiro atoms. The fraction of sp³-hybridized carbons (Fsp3) is 0.261. The van der Waals surface area contributed by atoms with Crippen LogP contribution < -0.4 is 0 Å². The van der Waals surface area contributed by atoms with E-state index in [9.17, 15) is 14.4 Å². The molecule has 1 unspecified atom stereocenters. The van der Waals surface area contributed by atoms with Crippen LogP contribution in [-0.2, 0) is 9.59 Å². The summed E-state index contributed by atoms with van der Waals surface area (Å²) in [6.45, 7) is 2.04. The largest absolute Gasteiger partial charge is 0.361 e. The van der Waals surface area contributed by atoms with Crippen LogP contribution in [0.3, 0.4) is 0 Å². The Morgan fingerprint density at radius 1 is 1.00 bits per heavy atom. The van der Waals surface area contributed by atoms with Crippen molar-refractivity contribution in [1.29, 1.82) is 0 Å². The van der Waals surface area contributed by atoms with Crippen LogP contribution in [0.25, 0.3) is 10.9 Å². The van der Waals surface area contributed by atoms with Crippen molar-refractivity contribution in [1.82, 2.24) is 19.7 Å². The molecule has 1 N–H and O–H groups in total. The van der Waals surface area contributed by atoms with Crippen LogP contribution in [-0.4, -0.2) is 70.6 Å². The van der Waals surface area contributed by atoms with E-state index in [1.54, 1.807) is 14.7 Å². The summed E-state index contributed by atoms with van der Waals surface area (Å²) in [5.74, 6) is -0.215. The van der Waals surface area contributed by atoms with Gasteiger partial charge in [0, 0.05) is 54.4 Å². The van der Waals surface area contributed by atoms with Gasteiger partial charge in [0.2, 0.25) is 12.3 Å². The van der Waals surface area contributed by atoms with E-state index in [0.29, 0.717) is 31.7 Å². The summed E-state index contributed by atoms with van der Waals surface area (Å²) in [6, 6.07) is 15.2. The van der Waals surface area contributed by atoms with E-state index >= 15 is 0 Å². The van der Waals surface area contributed by atoms with Crippen LogP contribution in [0.1, 0.15) is 27.5 Å². The Balaban J connectivity index is 1.48. The lowest BCUT2D eigenvalue weighted by molar-refractivity contribution is -0.135. The molecule has 0 radical (unpaired) electrons. The predicted octanol–water partition coefficient (Wildman–Crippen LogP) is 2.01. The number of nitrogens with zero attached hydrogens (tertiary/aromatic N) is 3. The Kier molecular flexibility index (Phi) is 4.50. The Bertz CT molecular complexity index is 1130. The molecule has 1 fully saturated rings. The maximum Gasteiger partial charge on any atom is 0.255 e. The van der Waals surface area contributed by atoms with E-state index in [1.807, 2.05) is 54.7 Å². The zero-order valence-electron chi connectivity index (χ0n) is 16.5. The first-order valence-electron chi connectivity index (χ1n) is 10.1. The maximum absolute atomic E-state index is 13.2. The first-order valence-corrected chi connectivity index (χ1v) is 10.1. The number of carbonyl (C=O) groups is 3. The summed E-state index contributed by atoms with van der Waals surface area (Å²) in [6.07, 6.45) is 2.75. The van der Waals surface area contributed by atoms with Gasteiger partial charge in [-0.3, -0.25) is 14.4 Å². The molecule has 3 aromatic rings. The number of nitrogens with one attached hydrogen (secondary N) is 1. The summed E-state index contributed by atoms with van der Waals surface area (Å²) in [4.78, 5) is 45.6. The summed E-state index contributed by atoms with van der Waals surface area (Å²) < 4.78 is 0. The molecule has 2 aliphatic heterocycles. The third kappa shape index (κ3) is 2.94. The molecule has 1 saturated heterocycles. The fourth-order valence-electron chi connectivity index (χ4n) is 4.51. The average molecular weight is 402 g/mol. The van der Waals surface area contributed by atoms with Crippen molar-refractivity contribution in [2.24, 2.45) is 0 Å². The molecule has 3 amide bonds. The van der Waals surface area contributed by atoms with Gasteiger partial charge >= 0.3 is 0 Å². The van der Waals surface area contributed by atoms with Gasteiger partial charge in [-0.25, -0.2) is 0 Å². The molecule has 0 saturated carbocycles. The van der Waals surface area contributed by atoms with Gasteiger partial charge in [0.25, 0.3) is 5.91 Å². The smallest absolute Gasteiger partial charge is 0.255 e. The van der Waals surface area contributed by atoms with Gasteiger partial charge in [0.05, 0.1) is 6.04 Å². The number of carbonyl (C=O) groups excluding carboxylic acids is 3. The SMILES string of the molecule is O=CN1CCN(C(=O)CN2C(=O)c3ccccc3C2c2c[nH]c3ccccc23)CC1. The molecule has 0 aliphatic carbocycles. The molecule has 2 aliphatic rings. The first kappa shape index (κ1) is 18.4. The highest BCUT2D eigenvalue weighted by molar-refractivity contribution is 6.02. The van der Waals surface area contributed by atoms with Gasteiger partial charge in [-0.2, -0.15) is 0 Å². The zero-order chi connectivity index (χ0) is 20.7. The highest BCUT2D eigenvalue weighted by atomic mass is 16.2. The lowest BCUT2D eigenvalue weighted by Gasteiger charge is -2.34. The van der Waals surface area contributed by atoms with Crippen molar-refractivity contribution < 1.29 is 14.4 Å². The summed E-state index contributed by atoms with van der Waals surface area (Å²) in [5, 5.41) is 1.05. The second kappa shape index (κ2) is 7.33. The molecule has 1 aromatic heterocycles. The van der Waals surface area contributed by atoms with Crippen LogP contribution in [0.15, 0.2) is 54.7 Å². The molecule has 5 rings (SSSR count). The molecule has 152 valence electrons. The Morgan fingerprint density at radius 3 is 2.53 bits per heavy atom. The van der Waals surface area contributed by atoms with Crippen LogP contribution in [0.4, 0.5) is 0 Å². The van der Waals surface area contributed by atoms with Gasteiger partial charge in [-0.1, -0.05) is 36.4 Å². The summed E-state index contributed by atoms with van der Waals surface area (Å²) >= 11 is 0. The van der Waals surface area contributed by atoms with E-state index in [4.69, 9.17) is 0 Å². The van der Waals surface area contributed by atoms with Crippen molar-refractivity contribution in [2.75, 3.05) is 32.7 Å². The normalized spacial score (nSPS) is 18.7. The van der Waals surface area contributed by atoms with Gasteiger partial charge in [-0.05, 0) is 17.7 Å². The van der Waals surface area contributed by atoms with Crippen molar-refractivity contribution >= 4 is 29.1 Å². The third-order valence-corrected chi connectivity index (χ3v) is 6.10. The number of fused-ring (bicyclic) bond motifs is 2. The van der Waals surface area contributed by atoms with E-state index in [-0.39, 0.29) is 24.4 Å². The summed E-state index contributed by atoms with van der Waals surface area (Å²) in [7, 11) is 0. The van der Waals surface area contributed by atoms with Crippen LogP contribution in [0, 0.1) is 0 Å². The number of para-hydroxylation sites is 1. The number of benzene rings is 2. The maximum atomic E-state index is 13.2. The molecule has 1 atom stereocenters. The highest BCUT2D eigenvalue weighted by Gasteiger charge is 2.40. The number of piperazine rings is 1. The van der Waals surface area contributed by atoms with E-state index in [2.05, 4.69) is 4.98 Å². The number of aromatic nitrogens is 1. The van der Waals surface area contributed by atoms with E-state index < -0.39 is 0 Å². The fourth-order valence-corrected chi connectivity index (χ4v) is 4.51. The standard InChI is InChI=1S/C23H22N4O3/c28-15-25-9-11-26(12-10-25)21(29)14-27-22(17-6-1-2-7-18(17)23(27)30)19-13-24-20-8-4-3-5-16(19)20/h1-8,13,15,22,24H,9-12,14H2. The topological polar surface area (TPSA) is 76.7 Å². The minimum absolute atomic E-state index is 0.0127. The first-order chi connectivity index (χ1) is 14.7. The number of H-pyrrole nitrogens is 1. The second-order valence-electron chi connectivity index (χ2n) is 7.73. The third-order valence-electron chi connectivity index (χ3n) is 6.10. The molecular weight excluding hydrogens is 380 g/mol. The van der Waals surface area contributed by atoms with Crippen LogP contribution in [0.5, 0.6) is 0 Å². The Morgan fingerprint density at radius 2 is 1.73 bits per heavy atom. The van der Waals surface area contributed by atoms with Gasteiger partial charge in [0.15, 0.2) is 0 Å². The molecule has 7 heteroatoms. The highest BCUT2D eigenvalue weighted by Crippen LogP contribution is 2.40. The number of amides is 3. The molecule has 7 nitrogen and oxygen atoms in total. The lowest BCUT2D eigenvalue weighted by Crippen LogP contribution is -2.51. The molecular formula is C23H22N4O3. The number of hydrogen-bond donors (Lipinski definition) is 1. The molecule has 30 heavy (non-hydrogen) atoms. The van der Waals surface area contributed by atoms with Crippen molar-refractivity contribution in [3.8, 4) is 0 Å². The predicted molar refractivity (Wildman–Crippen MR) is 112 cm³/mol. The monoisotopic (exact) mass is 402 g/mol. The van der Waals surface area contributed by atoms with Crippen LogP contribution in [0.2, 0.25) is 0 Å². The van der Waals surface area contributed by atoms with Gasteiger partial charge in [0.1, 0.15) is 6.54 Å². The van der Waals surface area contributed by atoms with Crippen molar-refractivity contribution in [3.63, 3.8) is 0 Å². The Hall–Kier alpha value is -3.61. The van der Waals surface area contributed by atoms with Crippen LogP contribution >= 0.6 is 0 Å². The molecule has 3 heterocycles. The van der Waals surface area contributed by atoms with Crippen molar-refractivity contribution in [2.45, 2.75) is 6.04 Å². The molecule has 2 aromatic carbocycles. The quantitative estimate of drug-likeness (QED) is 0.679. The average Bonchev–Trinajstić information content (AvgIpc) is 3.33. The van der Waals surface area contributed by atoms with Gasteiger partial charge in [-0.15, -0.1) is 0 Å². The van der Waals surface area contributed by atoms with Gasteiger partial charge < -0.3 is 19.7 Å². The summed E-state index contributed by atoms with van der Waals surface area (Å²) in [5.41, 5.74) is 3.56. The zero-order valence-corrected chi connectivity index (χ0v) is 16.5. The number of hydrogen-bond acceptors (Lipinski definition) is 3.